The zero-order valence-corrected chi connectivity index (χ0v) is 17.5. The van der Waals surface area contributed by atoms with Gasteiger partial charge in [0.15, 0.2) is 5.03 Å². The first kappa shape index (κ1) is 19.8. The topological polar surface area (TPSA) is 70.6 Å². The second-order valence-corrected chi connectivity index (χ2v) is 9.86. The minimum Gasteiger partial charge on any atom is -0.334 e. The van der Waals surface area contributed by atoms with E-state index in [0.717, 1.165) is 16.7 Å². The molecule has 0 unspecified atom stereocenters. The summed E-state index contributed by atoms with van der Waals surface area (Å²) in [7, 11) is -3.61. The van der Waals surface area contributed by atoms with Crippen molar-refractivity contribution in [2.75, 3.05) is 26.2 Å². The monoisotopic (exact) mass is 411 g/mol. The lowest BCUT2D eigenvalue weighted by Gasteiger charge is -2.28. The van der Waals surface area contributed by atoms with E-state index in [9.17, 15) is 13.2 Å². The van der Waals surface area contributed by atoms with Gasteiger partial charge in [-0.2, -0.15) is 4.31 Å². The van der Waals surface area contributed by atoms with Crippen LogP contribution in [0.2, 0.25) is 0 Å². The minimum atomic E-state index is -3.61. The summed E-state index contributed by atoms with van der Waals surface area (Å²) in [4.78, 5) is 19.1. The van der Waals surface area contributed by atoms with Gasteiger partial charge in [0.05, 0.1) is 5.92 Å². The maximum Gasteiger partial charge on any atom is 0.261 e. The molecule has 2 aromatic rings. The summed E-state index contributed by atoms with van der Waals surface area (Å²) in [6.45, 7) is 5.78. The van der Waals surface area contributed by atoms with Crippen LogP contribution in [0.4, 0.5) is 0 Å². The molecule has 6 nitrogen and oxygen atoms in total. The number of hydrogen-bond donors (Lipinski definition) is 0. The van der Waals surface area contributed by atoms with Gasteiger partial charge in [0, 0.05) is 32.4 Å². The second-order valence-electron chi connectivity index (χ2n) is 7.97. The lowest BCUT2D eigenvalue weighted by Crippen LogP contribution is -2.39. The maximum absolute atomic E-state index is 13.3. The van der Waals surface area contributed by atoms with Crippen LogP contribution in [0.15, 0.2) is 70.9 Å². The van der Waals surface area contributed by atoms with Crippen molar-refractivity contribution >= 4 is 15.9 Å². The Labute approximate surface area is 171 Å². The molecule has 0 bridgehead atoms. The summed E-state index contributed by atoms with van der Waals surface area (Å²) in [5, 5.41) is 0.0676. The van der Waals surface area contributed by atoms with E-state index in [-0.39, 0.29) is 22.8 Å². The molecule has 0 N–H and O–H groups in total. The maximum atomic E-state index is 13.3. The summed E-state index contributed by atoms with van der Waals surface area (Å²) in [5.74, 6) is 0.102. The number of carbonyl (C=O) groups excluding carboxylic acids is 1. The van der Waals surface area contributed by atoms with Crippen LogP contribution >= 0.6 is 0 Å². The third kappa shape index (κ3) is 3.72. The Morgan fingerprint density at radius 3 is 2.10 bits per heavy atom. The summed E-state index contributed by atoms with van der Waals surface area (Å²) in [6, 6.07) is 14.8. The van der Waals surface area contributed by atoms with Crippen molar-refractivity contribution in [1.29, 1.82) is 0 Å². The van der Waals surface area contributed by atoms with E-state index in [1.807, 2.05) is 35.2 Å². The predicted octanol–water partition coefficient (Wildman–Crippen LogP) is 2.66. The van der Waals surface area contributed by atoms with Crippen molar-refractivity contribution in [3.05, 3.63) is 71.4 Å². The molecule has 0 fully saturated rings. The lowest BCUT2D eigenvalue weighted by atomic mass is 9.87. The number of hydrogen-bond acceptors (Lipinski definition) is 4. The third-order valence-corrected chi connectivity index (χ3v) is 7.35. The first-order valence-corrected chi connectivity index (χ1v) is 11.3. The molecule has 0 saturated heterocycles. The zero-order valence-electron chi connectivity index (χ0n) is 16.7. The summed E-state index contributed by atoms with van der Waals surface area (Å²) >= 11 is 0. The largest absolute Gasteiger partial charge is 0.334 e. The molecule has 1 aromatic heterocycles. The fourth-order valence-electron chi connectivity index (χ4n) is 4.17. The molecule has 0 radical (unpaired) electrons. The van der Waals surface area contributed by atoms with E-state index in [1.165, 1.54) is 16.6 Å². The van der Waals surface area contributed by atoms with Gasteiger partial charge in [0.1, 0.15) is 0 Å². The van der Waals surface area contributed by atoms with Crippen LogP contribution in [0, 0.1) is 5.92 Å². The molecule has 152 valence electrons. The standard InChI is InChI=1S/C22H25N3O3S/c1-16(2)21(17-8-4-3-5-9-17)22(26)24-12-18-14-25(15-19(18)13-24)29(27,28)20-10-6-7-11-23-20/h3-11,16,21H,12-15H2,1-2H3/t21-/m1/s1. The van der Waals surface area contributed by atoms with Crippen molar-refractivity contribution in [3.63, 3.8) is 0 Å². The Bertz CT molecular complexity index is 1020. The molecule has 1 amide bonds. The van der Waals surface area contributed by atoms with Gasteiger partial charge in [-0.3, -0.25) is 4.79 Å². The molecule has 3 heterocycles. The predicted molar refractivity (Wildman–Crippen MR) is 111 cm³/mol. The fraction of sp³-hybridized carbons (Fsp3) is 0.364. The van der Waals surface area contributed by atoms with E-state index < -0.39 is 10.0 Å². The average molecular weight is 412 g/mol. The summed E-state index contributed by atoms with van der Waals surface area (Å²) in [5.41, 5.74) is 3.10. The van der Waals surface area contributed by atoms with E-state index in [0.29, 0.717) is 26.2 Å². The van der Waals surface area contributed by atoms with Crippen LogP contribution in [0.25, 0.3) is 0 Å². The van der Waals surface area contributed by atoms with Crippen LogP contribution in [-0.2, 0) is 14.8 Å². The van der Waals surface area contributed by atoms with Crippen molar-refractivity contribution in [3.8, 4) is 0 Å². The number of carbonyl (C=O) groups is 1. The quantitative estimate of drug-likeness (QED) is 0.710. The summed E-state index contributed by atoms with van der Waals surface area (Å²) < 4.78 is 27.1. The van der Waals surface area contributed by atoms with E-state index in [1.54, 1.807) is 12.1 Å². The van der Waals surface area contributed by atoms with E-state index in [4.69, 9.17) is 0 Å². The first-order valence-electron chi connectivity index (χ1n) is 9.82. The van der Waals surface area contributed by atoms with Gasteiger partial charge in [-0.15, -0.1) is 0 Å². The highest BCUT2D eigenvalue weighted by Crippen LogP contribution is 2.33. The number of pyridine rings is 1. The van der Waals surface area contributed by atoms with Crippen LogP contribution < -0.4 is 0 Å². The molecule has 2 aliphatic heterocycles. The number of benzene rings is 1. The van der Waals surface area contributed by atoms with Gasteiger partial charge in [-0.1, -0.05) is 50.2 Å². The first-order chi connectivity index (χ1) is 13.9. The van der Waals surface area contributed by atoms with Crippen molar-refractivity contribution in [1.82, 2.24) is 14.2 Å². The minimum absolute atomic E-state index is 0.0676. The van der Waals surface area contributed by atoms with Crippen molar-refractivity contribution in [2.45, 2.75) is 24.8 Å². The number of aromatic nitrogens is 1. The molecule has 1 atom stereocenters. The Hall–Kier alpha value is -2.51. The molecule has 0 saturated carbocycles. The fourth-order valence-corrected chi connectivity index (χ4v) is 5.53. The number of amides is 1. The molecule has 0 aliphatic carbocycles. The molecule has 0 spiro atoms. The van der Waals surface area contributed by atoms with Crippen LogP contribution in [0.1, 0.15) is 25.3 Å². The highest BCUT2D eigenvalue weighted by Gasteiger charge is 2.39. The smallest absolute Gasteiger partial charge is 0.261 e. The normalized spacial score (nSPS) is 18.4. The molecule has 4 rings (SSSR count). The van der Waals surface area contributed by atoms with Gasteiger partial charge in [0.2, 0.25) is 5.91 Å². The van der Waals surface area contributed by atoms with Crippen LogP contribution in [-0.4, -0.2) is 54.7 Å². The van der Waals surface area contributed by atoms with Gasteiger partial charge >= 0.3 is 0 Å². The molecule has 1 aromatic carbocycles. The Kier molecular flexibility index (Phi) is 5.27. The number of nitrogens with zero attached hydrogens (tertiary/aromatic N) is 3. The van der Waals surface area contributed by atoms with E-state index in [2.05, 4.69) is 18.8 Å². The Morgan fingerprint density at radius 1 is 0.931 bits per heavy atom. The molecular weight excluding hydrogens is 386 g/mol. The summed E-state index contributed by atoms with van der Waals surface area (Å²) in [6.07, 6.45) is 1.49. The molecule has 29 heavy (non-hydrogen) atoms. The second kappa shape index (κ2) is 7.72. The van der Waals surface area contributed by atoms with E-state index >= 15 is 0 Å². The average Bonchev–Trinajstić information content (AvgIpc) is 3.29. The molecular formula is C22H25N3O3S. The van der Waals surface area contributed by atoms with Crippen molar-refractivity contribution < 1.29 is 13.2 Å². The van der Waals surface area contributed by atoms with Crippen molar-refractivity contribution in [2.24, 2.45) is 5.92 Å². The molecule has 7 heteroatoms. The highest BCUT2D eigenvalue weighted by atomic mass is 32.2. The molecule has 2 aliphatic rings. The number of rotatable bonds is 5. The van der Waals surface area contributed by atoms with Gasteiger partial charge in [-0.05, 0) is 34.8 Å². The highest BCUT2D eigenvalue weighted by molar-refractivity contribution is 7.89. The SMILES string of the molecule is CC(C)[C@@H](C(=O)N1CC2=C(C1)CN(S(=O)(=O)c1ccccn1)C2)c1ccccc1. The number of sulfonamides is 1. The zero-order chi connectivity index (χ0) is 20.6. The van der Waals surface area contributed by atoms with Crippen LogP contribution in [0.3, 0.4) is 0 Å². The Morgan fingerprint density at radius 2 is 1.55 bits per heavy atom. The van der Waals surface area contributed by atoms with Gasteiger partial charge < -0.3 is 4.90 Å². The third-order valence-electron chi connectivity index (χ3n) is 5.64. The lowest BCUT2D eigenvalue weighted by molar-refractivity contribution is -0.132. The van der Waals surface area contributed by atoms with Crippen LogP contribution in [0.5, 0.6) is 0 Å². The Balaban J connectivity index is 1.46. The van der Waals surface area contributed by atoms with Gasteiger partial charge in [0.25, 0.3) is 10.0 Å². The van der Waals surface area contributed by atoms with Gasteiger partial charge in [-0.25, -0.2) is 13.4 Å².